The van der Waals surface area contributed by atoms with Gasteiger partial charge in [-0.25, -0.2) is 8.78 Å². The van der Waals surface area contributed by atoms with E-state index >= 15 is 0 Å². The van der Waals surface area contributed by atoms with Crippen molar-refractivity contribution in [1.29, 1.82) is 0 Å². The molecule has 2 aliphatic rings. The number of hydrogen-bond acceptors (Lipinski definition) is 3. The van der Waals surface area contributed by atoms with Crippen molar-refractivity contribution >= 4 is 11.6 Å². The van der Waals surface area contributed by atoms with E-state index in [0.717, 1.165) is 51.0 Å². The van der Waals surface area contributed by atoms with Gasteiger partial charge in [-0.15, -0.1) is 0 Å². The number of amides is 1. The molecule has 1 atom stereocenters. The largest absolute Gasteiger partial charge is 0.374 e. The van der Waals surface area contributed by atoms with Crippen molar-refractivity contribution in [2.75, 3.05) is 38.1 Å². The number of rotatable bonds is 5. The molecule has 28 heavy (non-hydrogen) atoms. The Hall–Kier alpha value is -2.47. The van der Waals surface area contributed by atoms with E-state index in [0.29, 0.717) is 6.54 Å². The molecule has 1 unspecified atom stereocenters. The fraction of sp³-hybridized carbons (Fsp3) is 0.409. The van der Waals surface area contributed by atoms with Crippen molar-refractivity contribution in [3.05, 3.63) is 64.7 Å². The number of likely N-dealkylation sites (N-methyl/N-ethyl adjacent to an activating group) is 1. The minimum absolute atomic E-state index is 0.0768. The van der Waals surface area contributed by atoms with Crippen LogP contribution >= 0.6 is 0 Å². The van der Waals surface area contributed by atoms with Crippen LogP contribution in [0, 0.1) is 11.6 Å². The Morgan fingerprint density at radius 2 is 1.86 bits per heavy atom. The Kier molecular flexibility index (Phi) is 5.31. The molecule has 2 aromatic carbocycles. The summed E-state index contributed by atoms with van der Waals surface area (Å²) in [4.78, 5) is 17.1. The van der Waals surface area contributed by atoms with Crippen LogP contribution in [0.2, 0.25) is 0 Å². The Bertz CT molecular complexity index is 880. The molecule has 4 rings (SSSR count). The summed E-state index contributed by atoms with van der Waals surface area (Å²) < 4.78 is 26.6. The van der Waals surface area contributed by atoms with Gasteiger partial charge < -0.3 is 10.2 Å². The lowest BCUT2D eigenvalue weighted by atomic mass is 10.0. The highest BCUT2D eigenvalue weighted by molar-refractivity contribution is 5.94. The number of carbonyl (C=O) groups excluding carboxylic acids is 1. The maximum Gasteiger partial charge on any atom is 0.251 e. The van der Waals surface area contributed by atoms with Crippen LogP contribution in [-0.4, -0.2) is 44.0 Å². The second-order valence-corrected chi connectivity index (χ2v) is 7.66. The van der Waals surface area contributed by atoms with Crippen LogP contribution in [-0.2, 0) is 6.42 Å². The molecule has 6 heteroatoms. The monoisotopic (exact) mass is 385 g/mol. The van der Waals surface area contributed by atoms with Gasteiger partial charge in [-0.1, -0.05) is 12.1 Å². The second-order valence-electron chi connectivity index (χ2n) is 7.66. The van der Waals surface area contributed by atoms with Gasteiger partial charge in [0, 0.05) is 31.4 Å². The molecule has 1 fully saturated rings. The van der Waals surface area contributed by atoms with Crippen molar-refractivity contribution in [3.8, 4) is 0 Å². The van der Waals surface area contributed by atoms with E-state index in [1.807, 2.05) is 0 Å². The highest BCUT2D eigenvalue weighted by Crippen LogP contribution is 2.32. The maximum absolute atomic E-state index is 13.4. The minimum Gasteiger partial charge on any atom is -0.374 e. The lowest BCUT2D eigenvalue weighted by Crippen LogP contribution is -2.36. The number of carbonyl (C=O) groups is 1. The normalized spacial score (nSPS) is 17.6. The summed E-state index contributed by atoms with van der Waals surface area (Å²) in [5.74, 6) is -2.34. The van der Waals surface area contributed by atoms with Crippen LogP contribution in [0.25, 0.3) is 0 Å². The number of fused-ring (bicyclic) bond motifs is 1. The van der Waals surface area contributed by atoms with E-state index in [1.165, 1.54) is 22.9 Å². The highest BCUT2D eigenvalue weighted by Gasteiger charge is 2.26. The van der Waals surface area contributed by atoms with Gasteiger partial charge in [-0.2, -0.15) is 0 Å². The average Bonchev–Trinajstić information content (AvgIpc) is 3.34. The third-order valence-corrected chi connectivity index (χ3v) is 5.84. The number of nitrogens with zero attached hydrogens (tertiary/aromatic N) is 2. The SMILES string of the molecule is CN1CCc2cc(C(CNC(=O)c3ccc(F)c(F)c3)N3CCCC3)ccc21. The topological polar surface area (TPSA) is 35.6 Å². The molecule has 2 aromatic rings. The number of nitrogens with one attached hydrogen (secondary N) is 1. The fourth-order valence-electron chi connectivity index (χ4n) is 4.23. The highest BCUT2D eigenvalue weighted by atomic mass is 19.2. The fourth-order valence-corrected chi connectivity index (χ4v) is 4.23. The molecule has 0 spiro atoms. The smallest absolute Gasteiger partial charge is 0.251 e. The van der Waals surface area contributed by atoms with Crippen LogP contribution in [0.15, 0.2) is 36.4 Å². The summed E-state index contributed by atoms with van der Waals surface area (Å²) in [6.07, 6.45) is 3.34. The number of likely N-dealkylation sites (tertiary alicyclic amines) is 1. The van der Waals surface area contributed by atoms with Gasteiger partial charge in [-0.05, 0) is 67.7 Å². The lowest BCUT2D eigenvalue weighted by Gasteiger charge is -2.29. The van der Waals surface area contributed by atoms with Crippen LogP contribution < -0.4 is 10.2 Å². The summed E-state index contributed by atoms with van der Waals surface area (Å²) in [6.45, 7) is 3.47. The zero-order valence-electron chi connectivity index (χ0n) is 16.0. The number of halogens is 2. The van der Waals surface area contributed by atoms with Crippen LogP contribution in [0.5, 0.6) is 0 Å². The minimum atomic E-state index is -1.01. The predicted molar refractivity (Wildman–Crippen MR) is 106 cm³/mol. The summed E-state index contributed by atoms with van der Waals surface area (Å²) >= 11 is 0. The van der Waals surface area contributed by atoms with Crippen molar-refractivity contribution < 1.29 is 13.6 Å². The molecule has 1 saturated heterocycles. The van der Waals surface area contributed by atoms with Gasteiger partial charge in [-0.3, -0.25) is 9.69 Å². The van der Waals surface area contributed by atoms with Crippen molar-refractivity contribution in [3.63, 3.8) is 0 Å². The molecule has 1 amide bonds. The molecule has 0 aromatic heterocycles. The zero-order chi connectivity index (χ0) is 19.7. The second kappa shape index (κ2) is 7.87. The van der Waals surface area contributed by atoms with Gasteiger partial charge in [0.15, 0.2) is 11.6 Å². The molecule has 0 saturated carbocycles. The molecule has 2 aliphatic heterocycles. The first kappa shape index (κ1) is 18.9. The van der Waals surface area contributed by atoms with E-state index in [2.05, 4.69) is 40.4 Å². The molecular weight excluding hydrogens is 360 g/mol. The van der Waals surface area contributed by atoms with Crippen molar-refractivity contribution in [2.45, 2.75) is 25.3 Å². The first-order valence-electron chi connectivity index (χ1n) is 9.84. The third-order valence-electron chi connectivity index (χ3n) is 5.84. The maximum atomic E-state index is 13.4. The van der Waals surface area contributed by atoms with E-state index in [-0.39, 0.29) is 17.5 Å². The molecule has 2 heterocycles. The molecule has 0 bridgehead atoms. The molecule has 0 aliphatic carbocycles. The molecule has 148 valence electrons. The molecular formula is C22H25F2N3O. The Morgan fingerprint density at radius 3 is 2.61 bits per heavy atom. The number of anilines is 1. The van der Waals surface area contributed by atoms with E-state index in [4.69, 9.17) is 0 Å². The number of benzene rings is 2. The average molecular weight is 385 g/mol. The lowest BCUT2D eigenvalue weighted by molar-refractivity contribution is 0.0937. The number of hydrogen-bond donors (Lipinski definition) is 1. The van der Waals surface area contributed by atoms with Gasteiger partial charge in [0.05, 0.1) is 6.04 Å². The third kappa shape index (κ3) is 3.74. The van der Waals surface area contributed by atoms with E-state index in [9.17, 15) is 13.6 Å². The first-order chi connectivity index (χ1) is 13.5. The van der Waals surface area contributed by atoms with Crippen molar-refractivity contribution in [2.24, 2.45) is 0 Å². The van der Waals surface area contributed by atoms with Gasteiger partial charge in [0.2, 0.25) is 0 Å². The molecule has 0 radical (unpaired) electrons. The first-order valence-corrected chi connectivity index (χ1v) is 9.84. The summed E-state index contributed by atoms with van der Waals surface area (Å²) in [5.41, 5.74) is 3.95. The summed E-state index contributed by atoms with van der Waals surface area (Å²) in [7, 11) is 2.10. The quantitative estimate of drug-likeness (QED) is 0.855. The zero-order valence-corrected chi connectivity index (χ0v) is 16.0. The van der Waals surface area contributed by atoms with Crippen LogP contribution in [0.1, 0.15) is 40.4 Å². The van der Waals surface area contributed by atoms with E-state index in [1.54, 1.807) is 0 Å². The van der Waals surface area contributed by atoms with Gasteiger partial charge in [0.25, 0.3) is 5.91 Å². The Labute approximate surface area is 164 Å². The Balaban J connectivity index is 1.52. The Morgan fingerprint density at radius 1 is 1.07 bits per heavy atom. The predicted octanol–water partition coefficient (Wildman–Crippen LogP) is 3.52. The summed E-state index contributed by atoms with van der Waals surface area (Å²) in [5, 5.41) is 2.92. The van der Waals surface area contributed by atoms with Gasteiger partial charge >= 0.3 is 0 Å². The van der Waals surface area contributed by atoms with Gasteiger partial charge in [0.1, 0.15) is 0 Å². The van der Waals surface area contributed by atoms with E-state index < -0.39 is 11.6 Å². The van der Waals surface area contributed by atoms with Crippen LogP contribution in [0.4, 0.5) is 14.5 Å². The van der Waals surface area contributed by atoms with Crippen LogP contribution in [0.3, 0.4) is 0 Å². The summed E-state index contributed by atoms with van der Waals surface area (Å²) in [6, 6.07) is 9.88. The molecule has 1 N–H and O–H groups in total. The molecule has 4 nitrogen and oxygen atoms in total. The van der Waals surface area contributed by atoms with Crippen molar-refractivity contribution in [1.82, 2.24) is 10.2 Å². The standard InChI is InChI=1S/C22H25F2N3O/c1-26-11-8-16-12-15(5-7-20(16)26)21(27-9-2-3-10-27)14-25-22(28)17-4-6-18(23)19(24)13-17/h4-7,12-13,21H,2-3,8-11,14H2,1H3,(H,25,28).